The Morgan fingerprint density at radius 3 is 2.42 bits per heavy atom. The van der Waals surface area contributed by atoms with Crippen LogP contribution >= 0.6 is 0 Å². The summed E-state index contributed by atoms with van der Waals surface area (Å²) in [5.41, 5.74) is -0.862. The second-order valence-corrected chi connectivity index (χ2v) is 6.92. The van der Waals surface area contributed by atoms with Crippen LogP contribution in [0, 0.1) is 5.41 Å². The van der Waals surface area contributed by atoms with Crippen LogP contribution in [0.25, 0.3) is 0 Å². The lowest BCUT2D eigenvalue weighted by Gasteiger charge is -2.31. The number of aliphatic carboxylic acids is 1. The summed E-state index contributed by atoms with van der Waals surface area (Å²) in [5, 5.41) is 12.6. The molecule has 2 N–H and O–H groups in total. The highest BCUT2D eigenvalue weighted by molar-refractivity contribution is 5.85. The minimum Gasteiger partial charge on any atom is -0.481 e. The average Bonchev–Trinajstić information content (AvgIpc) is 3.08. The van der Waals surface area contributed by atoms with E-state index in [1.807, 2.05) is 18.2 Å². The summed E-state index contributed by atoms with van der Waals surface area (Å²) in [6.07, 6.45) is 4.44. The zero-order valence-electron chi connectivity index (χ0n) is 14.5. The summed E-state index contributed by atoms with van der Waals surface area (Å²) >= 11 is 0. The summed E-state index contributed by atoms with van der Waals surface area (Å²) in [5.74, 6) is -0.980. The number of benzene rings is 1. The molecule has 0 radical (unpaired) electrons. The third kappa shape index (κ3) is 3.78. The van der Waals surface area contributed by atoms with Crippen molar-refractivity contribution in [2.45, 2.75) is 44.4 Å². The Balaban J connectivity index is 2.11. The van der Waals surface area contributed by atoms with Gasteiger partial charge in [0.15, 0.2) is 0 Å². The maximum absolute atomic E-state index is 12.8. The van der Waals surface area contributed by atoms with Crippen LogP contribution in [0.4, 0.5) is 0 Å². The number of hydrogen-bond donors (Lipinski definition) is 2. The van der Waals surface area contributed by atoms with Crippen molar-refractivity contribution in [1.82, 2.24) is 5.32 Å². The first-order valence-corrected chi connectivity index (χ1v) is 8.51. The van der Waals surface area contributed by atoms with Crippen molar-refractivity contribution in [2.24, 2.45) is 5.41 Å². The lowest BCUT2D eigenvalue weighted by Crippen LogP contribution is -2.48. The molecule has 0 saturated heterocycles. The Bertz CT molecular complexity index is 566. The molecule has 1 amide bonds. The first-order valence-electron chi connectivity index (χ1n) is 8.51. The van der Waals surface area contributed by atoms with Crippen molar-refractivity contribution >= 4 is 11.9 Å². The molecule has 5 heteroatoms. The van der Waals surface area contributed by atoms with Crippen LogP contribution in [-0.4, -0.2) is 37.2 Å². The fourth-order valence-corrected chi connectivity index (χ4v) is 3.49. The molecule has 24 heavy (non-hydrogen) atoms. The second-order valence-electron chi connectivity index (χ2n) is 6.92. The van der Waals surface area contributed by atoms with Gasteiger partial charge in [0.05, 0.1) is 5.41 Å². The van der Waals surface area contributed by atoms with Crippen molar-refractivity contribution in [3.63, 3.8) is 0 Å². The van der Waals surface area contributed by atoms with Gasteiger partial charge >= 0.3 is 5.97 Å². The molecule has 1 fully saturated rings. The van der Waals surface area contributed by atoms with Crippen molar-refractivity contribution in [2.75, 3.05) is 20.3 Å². The first kappa shape index (κ1) is 18.5. The van der Waals surface area contributed by atoms with Crippen LogP contribution in [0.15, 0.2) is 30.3 Å². The van der Waals surface area contributed by atoms with Gasteiger partial charge in [0.2, 0.25) is 5.91 Å². The summed E-state index contributed by atoms with van der Waals surface area (Å²) in [6, 6.07) is 9.06. The lowest BCUT2D eigenvalue weighted by atomic mass is 9.79. The number of carbonyl (C=O) groups is 2. The van der Waals surface area contributed by atoms with Gasteiger partial charge in [0.25, 0.3) is 0 Å². The number of ether oxygens (including phenoxy) is 1. The molecule has 1 atom stereocenters. The molecule has 1 aromatic carbocycles. The van der Waals surface area contributed by atoms with E-state index in [1.165, 1.54) is 0 Å². The molecule has 2 rings (SSSR count). The highest BCUT2D eigenvalue weighted by Gasteiger charge is 2.42. The standard InChI is InChI=1S/C19H27NO4/c1-18(17(22)23,15-8-4-3-5-9-15)14-20-16(21)19(12-13-24-2)10-6-7-11-19/h3-5,8-9H,6-7,10-14H2,1-2H3,(H,20,21)(H,22,23). The average molecular weight is 333 g/mol. The van der Waals surface area contributed by atoms with Crippen molar-refractivity contribution in [3.05, 3.63) is 35.9 Å². The topological polar surface area (TPSA) is 75.6 Å². The van der Waals surface area contributed by atoms with Gasteiger partial charge in [0.1, 0.15) is 5.41 Å². The maximum Gasteiger partial charge on any atom is 0.315 e. The number of carbonyl (C=O) groups excluding carboxylic acids is 1. The van der Waals surface area contributed by atoms with Crippen LogP contribution < -0.4 is 5.32 Å². The predicted molar refractivity (Wildman–Crippen MR) is 91.8 cm³/mol. The number of hydrogen-bond acceptors (Lipinski definition) is 3. The first-order chi connectivity index (χ1) is 11.4. The molecule has 1 unspecified atom stereocenters. The van der Waals surface area contributed by atoms with Gasteiger partial charge in [-0.1, -0.05) is 43.2 Å². The summed E-state index contributed by atoms with van der Waals surface area (Å²) in [6.45, 7) is 2.28. The number of amides is 1. The number of nitrogens with one attached hydrogen (secondary N) is 1. The van der Waals surface area contributed by atoms with E-state index in [0.717, 1.165) is 25.7 Å². The zero-order valence-corrected chi connectivity index (χ0v) is 14.5. The van der Waals surface area contributed by atoms with E-state index in [9.17, 15) is 14.7 Å². The minimum absolute atomic E-state index is 0.0412. The molecule has 132 valence electrons. The third-order valence-corrected chi connectivity index (χ3v) is 5.31. The van der Waals surface area contributed by atoms with Crippen LogP contribution in [0.3, 0.4) is 0 Å². The van der Waals surface area contributed by atoms with Gasteiger partial charge in [-0.2, -0.15) is 0 Å². The van der Waals surface area contributed by atoms with Gasteiger partial charge in [-0.25, -0.2) is 0 Å². The Hall–Kier alpha value is -1.88. The van der Waals surface area contributed by atoms with E-state index < -0.39 is 16.8 Å². The number of carboxylic acids is 1. The van der Waals surface area contributed by atoms with Crippen molar-refractivity contribution in [3.8, 4) is 0 Å². The van der Waals surface area contributed by atoms with Gasteiger partial charge in [-0.15, -0.1) is 0 Å². The molecule has 1 saturated carbocycles. The Kier molecular flexibility index (Phi) is 5.99. The second kappa shape index (κ2) is 7.79. The van der Waals surface area contributed by atoms with Gasteiger partial charge in [0, 0.05) is 20.3 Å². The molecule has 0 heterocycles. The third-order valence-electron chi connectivity index (χ3n) is 5.31. The van der Waals surface area contributed by atoms with Crippen LogP contribution in [-0.2, 0) is 19.7 Å². The quantitative estimate of drug-likeness (QED) is 0.767. The smallest absolute Gasteiger partial charge is 0.315 e. The van der Waals surface area contributed by atoms with Crippen molar-refractivity contribution < 1.29 is 19.4 Å². The van der Waals surface area contributed by atoms with Gasteiger partial charge < -0.3 is 15.2 Å². The Morgan fingerprint density at radius 2 is 1.88 bits per heavy atom. The van der Waals surface area contributed by atoms with Crippen LogP contribution in [0.1, 0.15) is 44.6 Å². The Labute approximate surface area is 143 Å². The highest BCUT2D eigenvalue weighted by atomic mass is 16.5. The van der Waals surface area contributed by atoms with Gasteiger partial charge in [-0.3, -0.25) is 9.59 Å². The minimum atomic E-state index is -1.14. The number of rotatable bonds is 8. The fraction of sp³-hybridized carbons (Fsp3) is 0.579. The molecule has 0 spiro atoms. The molecule has 1 aliphatic rings. The maximum atomic E-state index is 12.8. The van der Waals surface area contributed by atoms with E-state index in [0.29, 0.717) is 18.6 Å². The zero-order chi connectivity index (χ0) is 17.6. The monoisotopic (exact) mass is 333 g/mol. The van der Waals surface area contributed by atoms with E-state index in [-0.39, 0.29) is 12.5 Å². The summed E-state index contributed by atoms with van der Waals surface area (Å²) < 4.78 is 5.16. The number of carboxylic acid groups (broad SMARTS) is 1. The predicted octanol–water partition coefficient (Wildman–Crippen LogP) is 2.74. The molecule has 1 aromatic rings. The lowest BCUT2D eigenvalue weighted by molar-refractivity contribution is -0.143. The van der Waals surface area contributed by atoms with E-state index in [4.69, 9.17) is 4.74 Å². The summed E-state index contributed by atoms with van der Waals surface area (Å²) in [4.78, 5) is 24.7. The molecule has 0 aliphatic heterocycles. The van der Waals surface area contributed by atoms with Gasteiger partial charge in [-0.05, 0) is 31.7 Å². The largest absolute Gasteiger partial charge is 0.481 e. The van der Waals surface area contributed by atoms with Crippen LogP contribution in [0.5, 0.6) is 0 Å². The molecule has 5 nitrogen and oxygen atoms in total. The Morgan fingerprint density at radius 1 is 1.25 bits per heavy atom. The highest BCUT2D eigenvalue weighted by Crippen LogP contribution is 2.41. The molecular weight excluding hydrogens is 306 g/mol. The molecule has 0 bridgehead atoms. The van der Waals surface area contributed by atoms with E-state index in [1.54, 1.807) is 26.2 Å². The van der Waals surface area contributed by atoms with E-state index >= 15 is 0 Å². The van der Waals surface area contributed by atoms with E-state index in [2.05, 4.69) is 5.32 Å². The number of methoxy groups -OCH3 is 1. The van der Waals surface area contributed by atoms with Crippen LogP contribution in [0.2, 0.25) is 0 Å². The van der Waals surface area contributed by atoms with Crippen molar-refractivity contribution in [1.29, 1.82) is 0 Å². The summed E-state index contributed by atoms with van der Waals surface area (Å²) in [7, 11) is 1.64. The fourth-order valence-electron chi connectivity index (χ4n) is 3.49. The molecular formula is C19H27NO4. The normalized spacial score (nSPS) is 18.8. The molecule has 0 aromatic heterocycles. The SMILES string of the molecule is COCCC1(C(=O)NCC(C)(C(=O)O)c2ccccc2)CCCC1. The molecule has 1 aliphatic carbocycles.